The first-order valence-electron chi connectivity index (χ1n) is 6.72. The molecule has 108 valence electrons. The van der Waals surface area contributed by atoms with Crippen LogP contribution in [-0.2, 0) is 4.79 Å². The number of carbonyl (C=O) groups excluding carboxylic acids is 1. The molecule has 1 saturated carbocycles. The SMILES string of the molecule is O=C(N[C@H]1CCCCC[C@H]1C(=O)O)c1cncc(F)c1. The van der Waals surface area contributed by atoms with Crippen molar-refractivity contribution in [2.75, 3.05) is 0 Å². The van der Waals surface area contributed by atoms with Gasteiger partial charge in [-0.1, -0.05) is 19.3 Å². The summed E-state index contributed by atoms with van der Waals surface area (Å²) >= 11 is 0. The quantitative estimate of drug-likeness (QED) is 0.830. The number of amides is 1. The average Bonchev–Trinajstić information content (AvgIpc) is 2.64. The number of carbonyl (C=O) groups is 2. The number of nitrogens with zero attached hydrogens (tertiary/aromatic N) is 1. The van der Waals surface area contributed by atoms with E-state index in [1.807, 2.05) is 0 Å². The van der Waals surface area contributed by atoms with Gasteiger partial charge in [-0.15, -0.1) is 0 Å². The van der Waals surface area contributed by atoms with Crippen molar-refractivity contribution in [2.45, 2.75) is 38.1 Å². The largest absolute Gasteiger partial charge is 0.481 e. The molecule has 1 aromatic heterocycles. The van der Waals surface area contributed by atoms with Crippen molar-refractivity contribution in [2.24, 2.45) is 5.92 Å². The van der Waals surface area contributed by atoms with Gasteiger partial charge in [0.2, 0.25) is 0 Å². The van der Waals surface area contributed by atoms with Crippen molar-refractivity contribution in [3.05, 3.63) is 29.8 Å². The number of aromatic nitrogens is 1. The van der Waals surface area contributed by atoms with Crippen molar-refractivity contribution in [1.82, 2.24) is 10.3 Å². The van der Waals surface area contributed by atoms with E-state index < -0.39 is 29.7 Å². The Morgan fingerprint density at radius 2 is 2.00 bits per heavy atom. The van der Waals surface area contributed by atoms with Crippen LogP contribution in [-0.4, -0.2) is 28.0 Å². The molecule has 0 aliphatic heterocycles. The third kappa shape index (κ3) is 3.53. The molecule has 1 aromatic rings. The summed E-state index contributed by atoms with van der Waals surface area (Å²) in [5.41, 5.74) is 0.110. The van der Waals surface area contributed by atoms with Gasteiger partial charge in [-0.3, -0.25) is 14.6 Å². The molecule has 20 heavy (non-hydrogen) atoms. The van der Waals surface area contributed by atoms with Crippen molar-refractivity contribution < 1.29 is 19.1 Å². The van der Waals surface area contributed by atoms with Gasteiger partial charge in [-0.25, -0.2) is 4.39 Å². The van der Waals surface area contributed by atoms with E-state index in [2.05, 4.69) is 10.3 Å². The van der Waals surface area contributed by atoms with Crippen LogP contribution in [0.5, 0.6) is 0 Å². The van der Waals surface area contributed by atoms with Gasteiger partial charge in [-0.2, -0.15) is 0 Å². The third-order valence-corrected chi connectivity index (χ3v) is 3.62. The lowest BCUT2D eigenvalue weighted by Crippen LogP contribution is -2.42. The van der Waals surface area contributed by atoms with E-state index in [1.165, 1.54) is 6.20 Å². The first kappa shape index (κ1) is 14.4. The van der Waals surface area contributed by atoms with Crippen molar-refractivity contribution in [1.29, 1.82) is 0 Å². The number of rotatable bonds is 3. The van der Waals surface area contributed by atoms with Gasteiger partial charge < -0.3 is 10.4 Å². The Labute approximate surface area is 116 Å². The minimum Gasteiger partial charge on any atom is -0.481 e. The summed E-state index contributed by atoms with van der Waals surface area (Å²) in [6.07, 6.45) is 6.18. The summed E-state index contributed by atoms with van der Waals surface area (Å²) in [6, 6.07) is 0.681. The summed E-state index contributed by atoms with van der Waals surface area (Å²) in [7, 11) is 0. The molecule has 5 nitrogen and oxygen atoms in total. The number of hydrogen-bond acceptors (Lipinski definition) is 3. The Hall–Kier alpha value is -1.98. The highest BCUT2D eigenvalue weighted by atomic mass is 19.1. The Morgan fingerprint density at radius 3 is 2.70 bits per heavy atom. The lowest BCUT2D eigenvalue weighted by Gasteiger charge is -2.22. The van der Waals surface area contributed by atoms with Crippen LogP contribution in [0.15, 0.2) is 18.5 Å². The molecular formula is C14H17FN2O3. The molecule has 0 radical (unpaired) electrons. The van der Waals surface area contributed by atoms with Crippen LogP contribution in [0, 0.1) is 11.7 Å². The second-order valence-corrected chi connectivity index (χ2v) is 5.05. The number of carboxylic acid groups (broad SMARTS) is 1. The maximum atomic E-state index is 13.0. The molecule has 1 heterocycles. The molecule has 0 bridgehead atoms. The number of pyridine rings is 1. The maximum Gasteiger partial charge on any atom is 0.308 e. The van der Waals surface area contributed by atoms with Crippen molar-refractivity contribution in [3.8, 4) is 0 Å². The highest BCUT2D eigenvalue weighted by molar-refractivity contribution is 5.94. The van der Waals surface area contributed by atoms with Crippen LogP contribution in [0.2, 0.25) is 0 Å². The molecule has 0 unspecified atom stereocenters. The highest BCUT2D eigenvalue weighted by Crippen LogP contribution is 2.24. The van der Waals surface area contributed by atoms with Gasteiger partial charge in [0.1, 0.15) is 5.82 Å². The van der Waals surface area contributed by atoms with Crippen LogP contribution in [0.4, 0.5) is 4.39 Å². The fraction of sp³-hybridized carbons (Fsp3) is 0.500. The van der Waals surface area contributed by atoms with Gasteiger partial charge in [0.05, 0.1) is 17.7 Å². The van der Waals surface area contributed by atoms with E-state index in [4.69, 9.17) is 0 Å². The third-order valence-electron chi connectivity index (χ3n) is 3.62. The molecule has 2 rings (SSSR count). The maximum absolute atomic E-state index is 13.0. The van der Waals surface area contributed by atoms with Gasteiger partial charge in [0.25, 0.3) is 5.91 Å². The van der Waals surface area contributed by atoms with Crippen LogP contribution >= 0.6 is 0 Å². The normalized spacial score (nSPS) is 22.9. The van der Waals surface area contributed by atoms with Crippen LogP contribution in [0.25, 0.3) is 0 Å². The number of carboxylic acids is 1. The number of hydrogen-bond donors (Lipinski definition) is 2. The second-order valence-electron chi connectivity index (χ2n) is 5.05. The van der Waals surface area contributed by atoms with E-state index in [0.717, 1.165) is 31.5 Å². The first-order valence-corrected chi connectivity index (χ1v) is 6.72. The Morgan fingerprint density at radius 1 is 1.25 bits per heavy atom. The Bertz CT molecular complexity index is 507. The minimum absolute atomic E-state index is 0.110. The summed E-state index contributed by atoms with van der Waals surface area (Å²) in [6.45, 7) is 0. The zero-order valence-corrected chi connectivity index (χ0v) is 11.0. The number of nitrogens with one attached hydrogen (secondary N) is 1. The summed E-state index contributed by atoms with van der Waals surface area (Å²) in [4.78, 5) is 26.9. The molecule has 0 saturated heterocycles. The highest BCUT2D eigenvalue weighted by Gasteiger charge is 2.30. The predicted octanol–water partition coefficient (Wildman–Crippen LogP) is 1.98. The van der Waals surface area contributed by atoms with E-state index in [-0.39, 0.29) is 5.56 Å². The summed E-state index contributed by atoms with van der Waals surface area (Å²) in [5.74, 6) is -2.54. The number of aliphatic carboxylic acids is 1. The molecule has 0 spiro atoms. The Kier molecular flexibility index (Phi) is 4.65. The average molecular weight is 280 g/mol. The minimum atomic E-state index is -0.894. The number of halogens is 1. The molecule has 2 atom stereocenters. The fourth-order valence-corrected chi connectivity index (χ4v) is 2.56. The van der Waals surface area contributed by atoms with E-state index >= 15 is 0 Å². The van der Waals surface area contributed by atoms with Gasteiger partial charge in [0.15, 0.2) is 0 Å². The molecule has 1 aliphatic carbocycles. The zero-order chi connectivity index (χ0) is 14.5. The zero-order valence-electron chi connectivity index (χ0n) is 11.0. The molecule has 1 aliphatic rings. The molecule has 1 fully saturated rings. The monoisotopic (exact) mass is 280 g/mol. The van der Waals surface area contributed by atoms with E-state index in [0.29, 0.717) is 12.8 Å². The van der Waals surface area contributed by atoms with Crippen LogP contribution in [0.1, 0.15) is 42.5 Å². The first-order chi connectivity index (χ1) is 9.58. The standard InChI is InChI=1S/C14H17FN2O3/c15-10-6-9(7-16-8-10)13(18)17-12-5-3-1-2-4-11(12)14(19)20/h6-8,11-12H,1-5H2,(H,17,18)(H,19,20)/t11-,12+/m1/s1. The fourth-order valence-electron chi connectivity index (χ4n) is 2.56. The van der Waals surface area contributed by atoms with E-state index in [1.54, 1.807) is 0 Å². The van der Waals surface area contributed by atoms with E-state index in [9.17, 15) is 19.1 Å². The summed E-state index contributed by atoms with van der Waals surface area (Å²) in [5, 5.41) is 11.9. The van der Waals surface area contributed by atoms with Crippen LogP contribution in [0.3, 0.4) is 0 Å². The molecular weight excluding hydrogens is 263 g/mol. The molecule has 6 heteroatoms. The molecule has 0 aromatic carbocycles. The summed E-state index contributed by atoms with van der Waals surface area (Å²) < 4.78 is 13.0. The van der Waals surface area contributed by atoms with Crippen molar-refractivity contribution >= 4 is 11.9 Å². The topological polar surface area (TPSA) is 79.3 Å². The van der Waals surface area contributed by atoms with Crippen molar-refractivity contribution in [3.63, 3.8) is 0 Å². The van der Waals surface area contributed by atoms with Crippen LogP contribution < -0.4 is 5.32 Å². The van der Waals surface area contributed by atoms with Gasteiger partial charge in [0, 0.05) is 12.2 Å². The Balaban J connectivity index is 2.09. The van der Waals surface area contributed by atoms with Gasteiger partial charge >= 0.3 is 5.97 Å². The molecule has 1 amide bonds. The smallest absolute Gasteiger partial charge is 0.308 e. The molecule has 2 N–H and O–H groups in total. The lowest BCUT2D eigenvalue weighted by molar-refractivity contribution is -0.142. The predicted molar refractivity (Wildman–Crippen MR) is 69.7 cm³/mol. The second kappa shape index (κ2) is 6.45. The lowest BCUT2D eigenvalue weighted by atomic mass is 9.94. The van der Waals surface area contributed by atoms with Gasteiger partial charge in [-0.05, 0) is 18.9 Å².